The fourth-order valence-corrected chi connectivity index (χ4v) is 3.75. The maximum absolute atomic E-state index is 6.08. The van der Waals surface area contributed by atoms with Crippen LogP contribution >= 0.6 is 27.5 Å². The lowest BCUT2D eigenvalue weighted by Gasteiger charge is -2.48. The smallest absolute Gasteiger partial charge is 0.148 e. The third-order valence-corrected chi connectivity index (χ3v) is 5.43. The van der Waals surface area contributed by atoms with Crippen LogP contribution in [0.25, 0.3) is 0 Å². The Labute approximate surface area is 127 Å². The Morgan fingerprint density at radius 2 is 2.16 bits per heavy atom. The Balaban J connectivity index is 1.86. The molecule has 104 valence electrons. The largest absolute Gasteiger partial charge is 0.350 e. The van der Waals surface area contributed by atoms with Gasteiger partial charge in [0.2, 0.25) is 0 Å². The summed E-state index contributed by atoms with van der Waals surface area (Å²) in [4.78, 5) is 13.4. The van der Waals surface area contributed by atoms with Crippen LogP contribution in [0.5, 0.6) is 0 Å². The van der Waals surface area contributed by atoms with Crippen molar-refractivity contribution in [3.8, 4) is 0 Å². The van der Waals surface area contributed by atoms with Gasteiger partial charge in [0.05, 0.1) is 4.47 Å². The molecular formula is C13H18BrClN4. The molecule has 3 heterocycles. The van der Waals surface area contributed by atoms with Crippen LogP contribution in [0.2, 0.25) is 5.15 Å². The Bertz CT molecular complexity index is 470. The van der Waals surface area contributed by atoms with Gasteiger partial charge in [-0.3, -0.25) is 4.90 Å². The minimum absolute atomic E-state index is 0.455. The molecule has 1 aromatic rings. The zero-order chi connectivity index (χ0) is 13.4. The molecule has 0 aromatic carbocycles. The topological polar surface area (TPSA) is 32.3 Å². The summed E-state index contributed by atoms with van der Waals surface area (Å²) in [6, 6.07) is 1.11. The van der Waals surface area contributed by atoms with Gasteiger partial charge in [0, 0.05) is 25.2 Å². The number of anilines is 1. The van der Waals surface area contributed by atoms with Gasteiger partial charge in [-0.1, -0.05) is 18.0 Å². The zero-order valence-electron chi connectivity index (χ0n) is 11.0. The maximum Gasteiger partial charge on any atom is 0.148 e. The second-order valence-electron chi connectivity index (χ2n) is 5.45. The fourth-order valence-electron chi connectivity index (χ4n) is 3.19. The molecule has 3 rings (SSSR count). The van der Waals surface area contributed by atoms with E-state index >= 15 is 0 Å². The molecule has 1 aromatic heterocycles. The lowest BCUT2D eigenvalue weighted by Crippen LogP contribution is -2.59. The third kappa shape index (κ3) is 2.60. The van der Waals surface area contributed by atoms with Crippen molar-refractivity contribution in [3.05, 3.63) is 16.0 Å². The molecular weight excluding hydrogens is 328 g/mol. The van der Waals surface area contributed by atoms with Crippen molar-refractivity contribution >= 4 is 33.3 Å². The fraction of sp³-hybridized carbons (Fsp3) is 0.692. The number of fused-ring (bicyclic) bond motifs is 1. The highest BCUT2D eigenvalue weighted by atomic mass is 79.9. The van der Waals surface area contributed by atoms with Crippen molar-refractivity contribution < 1.29 is 0 Å². The monoisotopic (exact) mass is 344 g/mol. The van der Waals surface area contributed by atoms with Gasteiger partial charge in [0.25, 0.3) is 0 Å². The Morgan fingerprint density at radius 1 is 1.32 bits per heavy atom. The molecule has 0 N–H and O–H groups in total. The molecule has 4 nitrogen and oxygen atoms in total. The summed E-state index contributed by atoms with van der Waals surface area (Å²) >= 11 is 9.60. The summed E-state index contributed by atoms with van der Waals surface area (Å²) in [6.07, 6.45) is 5.52. The molecule has 0 bridgehead atoms. The Kier molecular flexibility index (Phi) is 3.96. The van der Waals surface area contributed by atoms with Gasteiger partial charge < -0.3 is 4.90 Å². The molecule has 2 saturated heterocycles. The molecule has 0 radical (unpaired) electrons. The molecule has 19 heavy (non-hydrogen) atoms. The minimum atomic E-state index is 0.455. The first-order valence-electron chi connectivity index (χ1n) is 6.83. The first kappa shape index (κ1) is 13.6. The van der Waals surface area contributed by atoms with E-state index in [0.717, 1.165) is 23.4 Å². The number of hydrogen-bond acceptors (Lipinski definition) is 4. The van der Waals surface area contributed by atoms with E-state index in [9.17, 15) is 0 Å². The van der Waals surface area contributed by atoms with Gasteiger partial charge in [0.15, 0.2) is 0 Å². The second-order valence-corrected chi connectivity index (χ2v) is 6.60. The Morgan fingerprint density at radius 3 is 3.00 bits per heavy atom. The molecule has 0 amide bonds. The van der Waals surface area contributed by atoms with Crippen molar-refractivity contribution in [2.75, 3.05) is 24.5 Å². The molecule has 0 spiro atoms. The van der Waals surface area contributed by atoms with Crippen LogP contribution in [-0.2, 0) is 0 Å². The number of piperazine rings is 1. The van der Waals surface area contributed by atoms with Gasteiger partial charge in [0.1, 0.15) is 17.3 Å². The summed E-state index contributed by atoms with van der Waals surface area (Å²) in [5, 5.41) is 0.489. The number of aromatic nitrogens is 2. The average molecular weight is 346 g/mol. The van der Waals surface area contributed by atoms with Crippen molar-refractivity contribution in [2.24, 2.45) is 0 Å². The quantitative estimate of drug-likeness (QED) is 0.733. The van der Waals surface area contributed by atoms with Crippen LogP contribution in [0.15, 0.2) is 10.8 Å². The van der Waals surface area contributed by atoms with Crippen LogP contribution in [-0.4, -0.2) is 46.6 Å². The van der Waals surface area contributed by atoms with Crippen LogP contribution < -0.4 is 4.90 Å². The van der Waals surface area contributed by atoms with Crippen molar-refractivity contribution in [1.82, 2.24) is 14.9 Å². The molecule has 2 unspecified atom stereocenters. The van der Waals surface area contributed by atoms with Gasteiger partial charge >= 0.3 is 0 Å². The van der Waals surface area contributed by atoms with Crippen molar-refractivity contribution in [3.63, 3.8) is 0 Å². The molecule has 2 aliphatic rings. The normalized spacial score (nSPS) is 28.3. The second kappa shape index (κ2) is 5.54. The molecule has 2 atom stereocenters. The predicted octanol–water partition coefficient (Wildman–Crippen LogP) is 2.96. The highest BCUT2D eigenvalue weighted by molar-refractivity contribution is 9.10. The van der Waals surface area contributed by atoms with Crippen molar-refractivity contribution in [2.45, 2.75) is 38.3 Å². The Hall–Kier alpha value is -0.390. The molecule has 0 aliphatic carbocycles. The molecule has 2 aliphatic heterocycles. The summed E-state index contributed by atoms with van der Waals surface area (Å²) in [7, 11) is 0. The summed E-state index contributed by atoms with van der Waals surface area (Å²) in [6.45, 7) is 5.65. The van der Waals surface area contributed by atoms with E-state index < -0.39 is 0 Å². The van der Waals surface area contributed by atoms with Crippen LogP contribution in [0.3, 0.4) is 0 Å². The maximum atomic E-state index is 6.08. The van der Waals surface area contributed by atoms with E-state index in [0.29, 0.717) is 17.2 Å². The zero-order valence-corrected chi connectivity index (χ0v) is 13.4. The first-order chi connectivity index (χ1) is 9.16. The number of piperidine rings is 1. The van der Waals surface area contributed by atoms with Crippen molar-refractivity contribution in [1.29, 1.82) is 0 Å². The van der Waals surface area contributed by atoms with Crippen LogP contribution in [0.1, 0.15) is 26.2 Å². The van der Waals surface area contributed by atoms with Gasteiger partial charge in [-0.05, 0) is 42.2 Å². The van der Waals surface area contributed by atoms with E-state index in [2.05, 4.69) is 42.6 Å². The SMILES string of the molecule is CC1CN2CCCCC2CN1c1ncnc(Cl)c1Br. The highest BCUT2D eigenvalue weighted by Crippen LogP contribution is 2.33. The molecule has 2 fully saturated rings. The van der Waals surface area contributed by atoms with E-state index in [1.54, 1.807) is 6.33 Å². The summed E-state index contributed by atoms with van der Waals surface area (Å²) in [5.41, 5.74) is 0. The number of hydrogen-bond donors (Lipinski definition) is 0. The van der Waals surface area contributed by atoms with Gasteiger partial charge in [-0.2, -0.15) is 0 Å². The third-order valence-electron chi connectivity index (χ3n) is 4.19. The van der Waals surface area contributed by atoms with Gasteiger partial charge in [-0.25, -0.2) is 9.97 Å². The lowest BCUT2D eigenvalue weighted by molar-refractivity contribution is 0.115. The lowest BCUT2D eigenvalue weighted by atomic mass is 9.97. The summed E-state index contributed by atoms with van der Waals surface area (Å²) in [5.74, 6) is 0.928. The predicted molar refractivity (Wildman–Crippen MR) is 80.8 cm³/mol. The average Bonchev–Trinajstić information content (AvgIpc) is 2.41. The van der Waals surface area contributed by atoms with E-state index in [1.807, 2.05) is 0 Å². The molecule has 0 saturated carbocycles. The number of halogens is 2. The highest BCUT2D eigenvalue weighted by Gasteiger charge is 2.34. The first-order valence-corrected chi connectivity index (χ1v) is 8.00. The number of nitrogens with zero attached hydrogens (tertiary/aromatic N) is 4. The van der Waals surface area contributed by atoms with E-state index in [4.69, 9.17) is 11.6 Å². The van der Waals surface area contributed by atoms with Gasteiger partial charge in [-0.15, -0.1) is 0 Å². The standard InChI is InChI=1S/C13H18BrClN4/c1-9-6-18-5-3-2-4-10(18)7-19(9)13-11(14)12(15)16-8-17-13/h8-10H,2-7H2,1H3. The molecule has 6 heteroatoms. The van der Waals surface area contributed by atoms with Crippen LogP contribution in [0.4, 0.5) is 5.82 Å². The summed E-state index contributed by atoms with van der Waals surface area (Å²) < 4.78 is 0.813. The van der Waals surface area contributed by atoms with Crippen LogP contribution in [0, 0.1) is 0 Å². The van der Waals surface area contributed by atoms with E-state index in [-0.39, 0.29) is 0 Å². The van der Waals surface area contributed by atoms with E-state index in [1.165, 1.54) is 25.8 Å². The number of rotatable bonds is 1. The minimum Gasteiger partial charge on any atom is -0.350 e.